The van der Waals surface area contributed by atoms with E-state index in [-0.39, 0.29) is 0 Å². The van der Waals surface area contributed by atoms with Gasteiger partial charge in [0.1, 0.15) is 11.4 Å². The van der Waals surface area contributed by atoms with E-state index in [1.807, 2.05) is 43.3 Å². The van der Waals surface area contributed by atoms with Crippen LogP contribution in [0.5, 0.6) is 5.75 Å². The fraction of sp³-hybridized carbons (Fsp3) is 0.250. The molecular weight excluding hydrogens is 264 g/mol. The summed E-state index contributed by atoms with van der Waals surface area (Å²) in [5.74, 6) is 0.670. The standard InChI is InChI=1S/C16H20N4O/c1-11-3-4-12(9-17)7-14(11)19-20-15-8-13(10-18)5-6-16(15)21-2/h3-8H,9-10,17-18H2,1-2H3. The van der Waals surface area contributed by atoms with Gasteiger partial charge in [0.15, 0.2) is 0 Å². The molecule has 0 aromatic heterocycles. The van der Waals surface area contributed by atoms with Crippen LogP contribution >= 0.6 is 0 Å². The molecule has 0 heterocycles. The zero-order chi connectivity index (χ0) is 15.2. The summed E-state index contributed by atoms with van der Waals surface area (Å²) in [7, 11) is 1.61. The summed E-state index contributed by atoms with van der Waals surface area (Å²) >= 11 is 0. The summed E-state index contributed by atoms with van der Waals surface area (Å²) in [5.41, 5.74) is 15.8. The highest BCUT2D eigenvalue weighted by atomic mass is 16.5. The minimum atomic E-state index is 0.453. The van der Waals surface area contributed by atoms with E-state index in [0.29, 0.717) is 24.5 Å². The zero-order valence-electron chi connectivity index (χ0n) is 12.3. The predicted molar refractivity (Wildman–Crippen MR) is 84.1 cm³/mol. The van der Waals surface area contributed by atoms with Crippen molar-refractivity contribution in [3.8, 4) is 5.75 Å². The molecule has 0 spiro atoms. The van der Waals surface area contributed by atoms with Crippen molar-refractivity contribution in [1.29, 1.82) is 0 Å². The van der Waals surface area contributed by atoms with Gasteiger partial charge in [0.2, 0.25) is 0 Å². The molecule has 5 nitrogen and oxygen atoms in total. The number of azo groups is 1. The summed E-state index contributed by atoms with van der Waals surface area (Å²) in [4.78, 5) is 0. The normalized spacial score (nSPS) is 11.0. The number of nitrogens with zero attached hydrogens (tertiary/aromatic N) is 2. The van der Waals surface area contributed by atoms with Gasteiger partial charge < -0.3 is 16.2 Å². The number of rotatable bonds is 5. The maximum atomic E-state index is 5.65. The Balaban J connectivity index is 2.36. The molecule has 0 amide bonds. The van der Waals surface area contributed by atoms with Gasteiger partial charge in [0.25, 0.3) is 0 Å². The number of benzene rings is 2. The van der Waals surface area contributed by atoms with Crippen LogP contribution in [0.15, 0.2) is 46.6 Å². The Morgan fingerprint density at radius 2 is 1.48 bits per heavy atom. The van der Waals surface area contributed by atoms with Gasteiger partial charge in [-0.15, -0.1) is 5.11 Å². The van der Waals surface area contributed by atoms with Crippen molar-refractivity contribution in [2.45, 2.75) is 20.0 Å². The molecule has 4 N–H and O–H groups in total. The largest absolute Gasteiger partial charge is 0.494 e. The molecule has 0 bridgehead atoms. The number of methoxy groups -OCH3 is 1. The third kappa shape index (κ3) is 3.65. The first-order valence-electron chi connectivity index (χ1n) is 6.76. The maximum absolute atomic E-state index is 5.65. The molecule has 0 saturated heterocycles. The molecule has 2 aromatic carbocycles. The van der Waals surface area contributed by atoms with Crippen LogP contribution in [0.1, 0.15) is 16.7 Å². The van der Waals surface area contributed by atoms with Gasteiger partial charge in [0.05, 0.1) is 12.8 Å². The van der Waals surface area contributed by atoms with E-state index in [4.69, 9.17) is 16.2 Å². The van der Waals surface area contributed by atoms with Crippen molar-refractivity contribution < 1.29 is 4.74 Å². The Labute approximate surface area is 124 Å². The molecule has 110 valence electrons. The van der Waals surface area contributed by atoms with Crippen LogP contribution in [0.25, 0.3) is 0 Å². The molecule has 0 aliphatic heterocycles. The van der Waals surface area contributed by atoms with Crippen molar-refractivity contribution in [1.82, 2.24) is 0 Å². The van der Waals surface area contributed by atoms with Crippen molar-refractivity contribution in [2.24, 2.45) is 21.7 Å². The van der Waals surface area contributed by atoms with E-state index in [1.54, 1.807) is 7.11 Å². The predicted octanol–water partition coefficient (Wildman–Crippen LogP) is 3.34. The van der Waals surface area contributed by atoms with Gasteiger partial charge in [-0.2, -0.15) is 5.11 Å². The molecule has 0 aliphatic carbocycles. The van der Waals surface area contributed by atoms with Gasteiger partial charge in [-0.3, -0.25) is 0 Å². The lowest BCUT2D eigenvalue weighted by Gasteiger charge is -2.06. The topological polar surface area (TPSA) is 86.0 Å². The first kappa shape index (κ1) is 15.2. The molecule has 0 aliphatic rings. The summed E-state index contributed by atoms with van der Waals surface area (Å²) in [6.45, 7) is 2.92. The summed E-state index contributed by atoms with van der Waals surface area (Å²) in [5, 5.41) is 8.61. The summed E-state index contributed by atoms with van der Waals surface area (Å²) in [6, 6.07) is 11.6. The maximum Gasteiger partial charge on any atom is 0.146 e. The second-order valence-electron chi connectivity index (χ2n) is 4.74. The van der Waals surface area contributed by atoms with Crippen molar-refractivity contribution in [3.63, 3.8) is 0 Å². The SMILES string of the molecule is COc1ccc(CN)cc1N=Nc1cc(CN)ccc1C. The third-order valence-corrected chi connectivity index (χ3v) is 3.25. The van der Waals surface area contributed by atoms with E-state index in [0.717, 1.165) is 22.4 Å². The van der Waals surface area contributed by atoms with Crippen molar-refractivity contribution in [2.75, 3.05) is 7.11 Å². The number of hydrogen-bond donors (Lipinski definition) is 2. The van der Waals surface area contributed by atoms with Crippen LogP contribution in [-0.4, -0.2) is 7.11 Å². The second kappa shape index (κ2) is 6.97. The number of aryl methyl sites for hydroxylation is 1. The van der Waals surface area contributed by atoms with Crippen LogP contribution in [-0.2, 0) is 13.1 Å². The van der Waals surface area contributed by atoms with Gasteiger partial charge >= 0.3 is 0 Å². The molecule has 21 heavy (non-hydrogen) atoms. The molecule has 0 fully saturated rings. The highest BCUT2D eigenvalue weighted by Gasteiger charge is 2.04. The molecule has 0 unspecified atom stereocenters. The lowest BCUT2D eigenvalue weighted by molar-refractivity contribution is 0.415. The fourth-order valence-electron chi connectivity index (χ4n) is 1.94. The smallest absolute Gasteiger partial charge is 0.146 e. The van der Waals surface area contributed by atoms with Crippen LogP contribution in [0.2, 0.25) is 0 Å². The Kier molecular flexibility index (Phi) is 5.03. The molecule has 0 atom stereocenters. The average molecular weight is 284 g/mol. The molecule has 0 saturated carbocycles. The van der Waals surface area contributed by atoms with E-state index in [2.05, 4.69) is 10.2 Å². The second-order valence-corrected chi connectivity index (χ2v) is 4.74. The van der Waals surface area contributed by atoms with Crippen molar-refractivity contribution >= 4 is 11.4 Å². The lowest BCUT2D eigenvalue weighted by atomic mass is 10.1. The van der Waals surface area contributed by atoms with E-state index >= 15 is 0 Å². The fourth-order valence-corrected chi connectivity index (χ4v) is 1.94. The van der Waals surface area contributed by atoms with Gasteiger partial charge in [-0.05, 0) is 41.8 Å². The van der Waals surface area contributed by atoms with Crippen LogP contribution < -0.4 is 16.2 Å². The highest BCUT2D eigenvalue weighted by Crippen LogP contribution is 2.31. The van der Waals surface area contributed by atoms with E-state index in [1.165, 1.54) is 0 Å². The number of hydrogen-bond acceptors (Lipinski definition) is 5. The van der Waals surface area contributed by atoms with Crippen molar-refractivity contribution in [3.05, 3.63) is 53.1 Å². The first-order valence-corrected chi connectivity index (χ1v) is 6.76. The molecule has 2 aromatic rings. The number of nitrogens with two attached hydrogens (primary N) is 2. The van der Waals surface area contributed by atoms with Crippen LogP contribution in [0.3, 0.4) is 0 Å². The third-order valence-electron chi connectivity index (χ3n) is 3.25. The quantitative estimate of drug-likeness (QED) is 0.826. The van der Waals surface area contributed by atoms with E-state index in [9.17, 15) is 0 Å². The first-order chi connectivity index (χ1) is 10.2. The average Bonchev–Trinajstić information content (AvgIpc) is 2.53. The van der Waals surface area contributed by atoms with Gasteiger partial charge in [-0.25, -0.2) is 0 Å². The van der Waals surface area contributed by atoms with E-state index < -0.39 is 0 Å². The Hall–Kier alpha value is -2.24. The molecule has 2 rings (SSSR count). The monoisotopic (exact) mass is 284 g/mol. The lowest BCUT2D eigenvalue weighted by Crippen LogP contribution is -1.96. The molecule has 5 heteroatoms. The highest BCUT2D eigenvalue weighted by molar-refractivity contribution is 5.54. The number of ether oxygens (including phenoxy) is 1. The minimum Gasteiger partial charge on any atom is -0.494 e. The zero-order valence-corrected chi connectivity index (χ0v) is 12.3. The van der Waals surface area contributed by atoms with Crippen LogP contribution in [0, 0.1) is 6.92 Å². The minimum absolute atomic E-state index is 0.453. The van der Waals surface area contributed by atoms with Gasteiger partial charge in [-0.1, -0.05) is 18.2 Å². The van der Waals surface area contributed by atoms with Gasteiger partial charge in [0, 0.05) is 13.1 Å². The Bertz CT molecular complexity index is 653. The molecular formula is C16H20N4O. The Morgan fingerprint density at radius 1 is 0.905 bits per heavy atom. The van der Waals surface area contributed by atoms with Crippen LogP contribution in [0.4, 0.5) is 11.4 Å². The summed E-state index contributed by atoms with van der Waals surface area (Å²) in [6.07, 6.45) is 0. The Morgan fingerprint density at radius 3 is 2.10 bits per heavy atom. The summed E-state index contributed by atoms with van der Waals surface area (Å²) < 4.78 is 5.29. The molecule has 0 radical (unpaired) electrons.